The Kier molecular flexibility index (Phi) is 12.1. The van der Waals surface area contributed by atoms with Crippen molar-refractivity contribution in [2.24, 2.45) is 0 Å². The highest BCUT2D eigenvalue weighted by Gasteiger charge is 2.13. The van der Waals surface area contributed by atoms with Crippen LogP contribution in [-0.4, -0.2) is 17.2 Å². The third kappa shape index (κ3) is 11.2. The fourth-order valence-electron chi connectivity index (χ4n) is 2.91. The lowest BCUT2D eigenvalue weighted by Gasteiger charge is -2.16. The number of unbranched alkanes of at least 4 members (excludes halogenated alkanes) is 8. The van der Waals surface area contributed by atoms with Gasteiger partial charge >= 0.3 is 5.97 Å². The van der Waals surface area contributed by atoms with Gasteiger partial charge in [0.2, 0.25) is 0 Å². The minimum absolute atomic E-state index is 0.101. The van der Waals surface area contributed by atoms with Crippen molar-refractivity contribution >= 4 is 5.97 Å². The zero-order chi connectivity index (χ0) is 17.5. The Labute approximate surface area is 147 Å². The van der Waals surface area contributed by atoms with Gasteiger partial charge in [-0.1, -0.05) is 95.0 Å². The fraction of sp³-hybridized carbons (Fsp3) is 0.667. The summed E-state index contributed by atoms with van der Waals surface area (Å²) in [5, 5.41) is 9.04. The van der Waals surface area contributed by atoms with E-state index in [0.717, 1.165) is 18.4 Å². The summed E-state index contributed by atoms with van der Waals surface area (Å²) in [4.78, 5) is 11.0. The van der Waals surface area contributed by atoms with E-state index in [-0.39, 0.29) is 12.5 Å². The molecular formula is C21H34O3. The molecule has 0 aliphatic carbocycles. The van der Waals surface area contributed by atoms with Crippen LogP contribution >= 0.6 is 0 Å². The zero-order valence-corrected chi connectivity index (χ0v) is 15.2. The van der Waals surface area contributed by atoms with E-state index in [9.17, 15) is 4.79 Å². The largest absolute Gasteiger partial charge is 0.481 e. The highest BCUT2D eigenvalue weighted by atomic mass is 16.5. The van der Waals surface area contributed by atoms with E-state index in [2.05, 4.69) is 6.92 Å². The van der Waals surface area contributed by atoms with Gasteiger partial charge in [0, 0.05) is 0 Å². The summed E-state index contributed by atoms with van der Waals surface area (Å²) in [6.45, 7) is 2.74. The van der Waals surface area contributed by atoms with Gasteiger partial charge in [0.25, 0.3) is 0 Å². The van der Waals surface area contributed by atoms with Crippen molar-refractivity contribution in [3.05, 3.63) is 35.9 Å². The van der Waals surface area contributed by atoms with Crippen molar-refractivity contribution in [2.45, 2.75) is 90.3 Å². The van der Waals surface area contributed by atoms with Gasteiger partial charge in [0.05, 0.1) is 19.1 Å². The van der Waals surface area contributed by atoms with E-state index < -0.39 is 5.97 Å². The fourth-order valence-corrected chi connectivity index (χ4v) is 2.91. The van der Waals surface area contributed by atoms with E-state index in [0.29, 0.717) is 6.61 Å². The minimum Gasteiger partial charge on any atom is -0.481 e. The first-order valence-electron chi connectivity index (χ1n) is 9.59. The first-order valence-corrected chi connectivity index (χ1v) is 9.59. The summed E-state index contributed by atoms with van der Waals surface area (Å²) in [6, 6.07) is 9.95. The molecule has 0 amide bonds. The molecule has 1 aromatic rings. The molecule has 3 heteroatoms. The molecule has 0 fully saturated rings. The van der Waals surface area contributed by atoms with Gasteiger partial charge in [-0.05, 0) is 12.0 Å². The monoisotopic (exact) mass is 334 g/mol. The summed E-state index contributed by atoms with van der Waals surface area (Å²) in [5.74, 6) is -0.774. The van der Waals surface area contributed by atoms with E-state index in [1.807, 2.05) is 30.3 Å². The molecule has 24 heavy (non-hydrogen) atoms. The highest BCUT2D eigenvalue weighted by molar-refractivity contribution is 5.67. The second-order valence-corrected chi connectivity index (χ2v) is 6.63. The van der Waals surface area contributed by atoms with Crippen LogP contribution in [0.15, 0.2) is 30.3 Å². The Hall–Kier alpha value is -1.35. The molecule has 0 aliphatic rings. The highest BCUT2D eigenvalue weighted by Crippen LogP contribution is 2.15. The minimum atomic E-state index is -0.774. The second-order valence-electron chi connectivity index (χ2n) is 6.63. The second kappa shape index (κ2) is 14.0. The van der Waals surface area contributed by atoms with Gasteiger partial charge in [0.15, 0.2) is 0 Å². The van der Waals surface area contributed by atoms with Gasteiger partial charge in [-0.3, -0.25) is 4.79 Å². The molecule has 0 aliphatic heterocycles. The number of aliphatic carboxylic acids is 1. The summed E-state index contributed by atoms with van der Waals surface area (Å²) in [6.07, 6.45) is 12.3. The van der Waals surface area contributed by atoms with Crippen LogP contribution in [0.5, 0.6) is 0 Å². The molecule has 0 bridgehead atoms. The molecule has 0 saturated carbocycles. The van der Waals surface area contributed by atoms with Crippen molar-refractivity contribution in [1.82, 2.24) is 0 Å². The lowest BCUT2D eigenvalue weighted by atomic mass is 10.0. The van der Waals surface area contributed by atoms with Gasteiger partial charge < -0.3 is 9.84 Å². The predicted octanol–water partition coefficient (Wildman–Crippen LogP) is 5.97. The number of hydrogen-bond donors (Lipinski definition) is 1. The molecule has 0 saturated heterocycles. The van der Waals surface area contributed by atoms with Crippen LogP contribution in [0.4, 0.5) is 0 Å². The third-order valence-corrected chi connectivity index (χ3v) is 4.36. The van der Waals surface area contributed by atoms with Crippen molar-refractivity contribution in [3.8, 4) is 0 Å². The van der Waals surface area contributed by atoms with Gasteiger partial charge in [-0.25, -0.2) is 0 Å². The molecule has 1 atom stereocenters. The number of carbonyl (C=O) groups is 1. The first kappa shape index (κ1) is 20.7. The molecule has 0 heterocycles. The predicted molar refractivity (Wildman–Crippen MR) is 99.1 cm³/mol. The Balaban J connectivity index is 2.13. The molecule has 3 nitrogen and oxygen atoms in total. The number of ether oxygens (including phenoxy) is 1. The van der Waals surface area contributed by atoms with Crippen molar-refractivity contribution in [2.75, 3.05) is 0 Å². The van der Waals surface area contributed by atoms with Crippen LogP contribution in [0.2, 0.25) is 0 Å². The molecule has 0 aromatic heterocycles. The average molecular weight is 334 g/mol. The van der Waals surface area contributed by atoms with Gasteiger partial charge in [0.1, 0.15) is 0 Å². The number of hydrogen-bond acceptors (Lipinski definition) is 2. The lowest BCUT2D eigenvalue weighted by Crippen LogP contribution is -2.17. The molecular weight excluding hydrogens is 300 g/mol. The van der Waals surface area contributed by atoms with Crippen LogP contribution in [0, 0.1) is 0 Å². The first-order chi connectivity index (χ1) is 11.7. The maximum Gasteiger partial charge on any atom is 0.305 e. The van der Waals surface area contributed by atoms with Crippen molar-refractivity contribution < 1.29 is 14.6 Å². The van der Waals surface area contributed by atoms with Crippen LogP contribution < -0.4 is 0 Å². The SMILES string of the molecule is CCCCCCCCCCC[C@H](CC(=O)O)OCc1ccccc1. The number of rotatable bonds is 15. The molecule has 1 N–H and O–H groups in total. The molecule has 136 valence electrons. The molecule has 0 spiro atoms. The average Bonchev–Trinajstić information content (AvgIpc) is 2.58. The maximum absolute atomic E-state index is 11.0. The number of carboxylic acids is 1. The normalized spacial score (nSPS) is 12.2. The van der Waals surface area contributed by atoms with Crippen molar-refractivity contribution in [1.29, 1.82) is 0 Å². The summed E-state index contributed by atoms with van der Waals surface area (Å²) < 4.78 is 5.83. The van der Waals surface area contributed by atoms with Gasteiger partial charge in [-0.2, -0.15) is 0 Å². The van der Waals surface area contributed by atoms with E-state index in [1.165, 1.54) is 51.4 Å². The number of carboxylic acid groups (broad SMARTS) is 1. The topological polar surface area (TPSA) is 46.5 Å². The van der Waals surface area contributed by atoms with E-state index in [1.54, 1.807) is 0 Å². The van der Waals surface area contributed by atoms with Crippen LogP contribution in [0.1, 0.15) is 83.1 Å². The molecule has 0 radical (unpaired) electrons. The lowest BCUT2D eigenvalue weighted by molar-refractivity contribution is -0.140. The molecule has 1 rings (SSSR count). The summed E-state index contributed by atoms with van der Waals surface area (Å²) in [5.41, 5.74) is 1.10. The Morgan fingerprint density at radius 2 is 1.54 bits per heavy atom. The molecule has 1 aromatic carbocycles. The van der Waals surface area contributed by atoms with Crippen LogP contribution in [0.25, 0.3) is 0 Å². The number of benzene rings is 1. The Morgan fingerprint density at radius 3 is 2.12 bits per heavy atom. The molecule has 0 unspecified atom stereocenters. The summed E-state index contributed by atoms with van der Waals surface area (Å²) >= 11 is 0. The van der Waals surface area contributed by atoms with Crippen molar-refractivity contribution in [3.63, 3.8) is 0 Å². The Bertz CT molecular complexity index is 416. The third-order valence-electron chi connectivity index (χ3n) is 4.36. The van der Waals surface area contributed by atoms with E-state index in [4.69, 9.17) is 9.84 Å². The quantitative estimate of drug-likeness (QED) is 0.402. The van der Waals surface area contributed by atoms with Crippen LogP contribution in [-0.2, 0) is 16.1 Å². The maximum atomic E-state index is 11.0. The van der Waals surface area contributed by atoms with Crippen LogP contribution in [0.3, 0.4) is 0 Å². The van der Waals surface area contributed by atoms with E-state index >= 15 is 0 Å². The van der Waals surface area contributed by atoms with Gasteiger partial charge in [-0.15, -0.1) is 0 Å². The zero-order valence-electron chi connectivity index (χ0n) is 15.2. The Morgan fingerprint density at radius 1 is 0.958 bits per heavy atom. The summed E-state index contributed by atoms with van der Waals surface area (Å²) in [7, 11) is 0. The standard InChI is InChI=1S/C21H34O3/c1-2-3-4-5-6-7-8-9-13-16-20(17-21(22)23)24-18-19-14-11-10-12-15-19/h10-12,14-15,20H,2-9,13,16-18H2,1H3,(H,22,23)/t20-/m1/s1. The smallest absolute Gasteiger partial charge is 0.305 e.